The van der Waals surface area contributed by atoms with Gasteiger partial charge in [0.1, 0.15) is 40.2 Å². The molecule has 3 N–H and O–H groups in total. The quantitative estimate of drug-likeness (QED) is 0.165. The van der Waals surface area contributed by atoms with E-state index >= 15 is 0 Å². The summed E-state index contributed by atoms with van der Waals surface area (Å²) in [4.78, 5) is 54.3. The van der Waals surface area contributed by atoms with E-state index in [2.05, 4.69) is 31.3 Å². The minimum atomic E-state index is -1.25. The van der Waals surface area contributed by atoms with Crippen molar-refractivity contribution in [3.63, 3.8) is 0 Å². The first-order valence-electron chi connectivity index (χ1n) is 13.8. The van der Waals surface area contributed by atoms with Crippen LogP contribution in [0.2, 0.25) is 5.02 Å². The summed E-state index contributed by atoms with van der Waals surface area (Å²) in [6, 6.07) is 13.2. The molecule has 0 aliphatic carbocycles. The van der Waals surface area contributed by atoms with E-state index in [9.17, 15) is 24.3 Å². The van der Waals surface area contributed by atoms with Gasteiger partial charge in [0, 0.05) is 24.1 Å². The average molecular weight is 681 g/mol. The van der Waals surface area contributed by atoms with Crippen LogP contribution in [0.5, 0.6) is 0 Å². The zero-order chi connectivity index (χ0) is 32.5. The second kappa shape index (κ2) is 13.0. The number of rotatable bonds is 10. The molecule has 14 nitrogen and oxygen atoms in total. The molecule has 3 atom stereocenters. The van der Waals surface area contributed by atoms with Crippen LogP contribution in [0, 0.1) is 6.92 Å². The van der Waals surface area contributed by atoms with E-state index in [0.717, 1.165) is 0 Å². The molecule has 17 heteroatoms. The lowest BCUT2D eigenvalue weighted by atomic mass is 10.0. The highest BCUT2D eigenvalue weighted by Crippen LogP contribution is 2.41. The van der Waals surface area contributed by atoms with Crippen molar-refractivity contribution < 1.29 is 28.8 Å². The minimum absolute atomic E-state index is 0.106. The molecular formula is C29H25ClN8O6S2. The summed E-state index contributed by atoms with van der Waals surface area (Å²) in [5, 5.41) is 31.0. The normalized spacial score (nSPS) is 18.1. The predicted octanol–water partition coefficient (Wildman–Crippen LogP) is 2.83. The van der Waals surface area contributed by atoms with E-state index < -0.39 is 41.1 Å². The number of carboxylic acids is 1. The van der Waals surface area contributed by atoms with Crippen molar-refractivity contribution in [1.29, 1.82) is 0 Å². The lowest BCUT2D eigenvalue weighted by Crippen LogP contribution is -2.71. The number of benzene rings is 2. The van der Waals surface area contributed by atoms with Gasteiger partial charge in [-0.15, -0.1) is 16.9 Å². The second-order valence-electron chi connectivity index (χ2n) is 10.3. The van der Waals surface area contributed by atoms with Crippen LogP contribution in [0.4, 0.5) is 0 Å². The predicted molar refractivity (Wildman–Crippen MR) is 168 cm³/mol. The molecule has 0 spiro atoms. The van der Waals surface area contributed by atoms with Gasteiger partial charge in [0.25, 0.3) is 11.8 Å². The van der Waals surface area contributed by atoms with Gasteiger partial charge >= 0.3 is 5.97 Å². The van der Waals surface area contributed by atoms with Crippen LogP contribution >= 0.6 is 35.1 Å². The summed E-state index contributed by atoms with van der Waals surface area (Å²) >= 11 is 8.96. The fourth-order valence-electron chi connectivity index (χ4n) is 5.15. The Morgan fingerprint density at radius 3 is 2.61 bits per heavy atom. The van der Waals surface area contributed by atoms with Gasteiger partial charge in [-0.1, -0.05) is 77.1 Å². The van der Waals surface area contributed by atoms with E-state index in [0.29, 0.717) is 32.6 Å². The fourth-order valence-corrected chi connectivity index (χ4v) is 7.71. The third-order valence-electron chi connectivity index (χ3n) is 7.39. The number of hydrogen-bond acceptors (Lipinski definition) is 11. The zero-order valence-electron chi connectivity index (χ0n) is 24.2. The average Bonchev–Trinajstić information content (AvgIpc) is 3.65. The highest BCUT2D eigenvalue weighted by atomic mass is 35.5. The molecular weight excluding hydrogens is 656 g/mol. The molecule has 236 valence electrons. The van der Waals surface area contributed by atoms with Crippen molar-refractivity contribution in [3.8, 4) is 11.3 Å². The topological polar surface area (TPSA) is 185 Å². The number of carbonyl (C=O) groups is 4. The van der Waals surface area contributed by atoms with Crippen LogP contribution in [0.1, 0.15) is 27.7 Å². The van der Waals surface area contributed by atoms with E-state index in [1.54, 1.807) is 68.6 Å². The Morgan fingerprint density at radius 2 is 1.91 bits per heavy atom. The maximum absolute atomic E-state index is 13.8. The maximum atomic E-state index is 13.8. The van der Waals surface area contributed by atoms with Crippen LogP contribution in [-0.4, -0.2) is 82.0 Å². The number of aromatic nitrogens is 5. The molecule has 4 heterocycles. The van der Waals surface area contributed by atoms with Crippen LogP contribution in [-0.2, 0) is 21.4 Å². The van der Waals surface area contributed by atoms with E-state index in [1.807, 2.05) is 0 Å². The lowest BCUT2D eigenvalue weighted by molar-refractivity contribution is -0.151. The van der Waals surface area contributed by atoms with E-state index in [1.165, 1.54) is 33.1 Å². The fraction of sp³-hybridized carbons (Fsp3) is 0.241. The highest BCUT2D eigenvalue weighted by molar-refractivity contribution is 8.01. The number of thioether (sulfide) groups is 2. The van der Waals surface area contributed by atoms with Crippen molar-refractivity contribution in [2.24, 2.45) is 7.05 Å². The number of tetrazole rings is 1. The summed E-state index contributed by atoms with van der Waals surface area (Å²) in [5.74, 6) is -2.30. The first kappa shape index (κ1) is 31.3. The number of β-lactam (4-membered cyclic amide) rings is 1. The van der Waals surface area contributed by atoms with Gasteiger partial charge in [-0.2, -0.15) is 0 Å². The first-order chi connectivity index (χ1) is 22.2. The van der Waals surface area contributed by atoms with Crippen molar-refractivity contribution in [3.05, 3.63) is 87.8 Å². The molecule has 6 rings (SSSR count). The number of carboxylic acid groups (broad SMARTS) is 1. The number of nitrogens with zero attached hydrogens (tertiary/aromatic N) is 6. The van der Waals surface area contributed by atoms with E-state index in [4.69, 9.17) is 16.1 Å². The number of hydrogen-bond donors (Lipinski definition) is 3. The third-order valence-corrected chi connectivity index (χ3v) is 10.2. The molecule has 2 unspecified atom stereocenters. The largest absolute Gasteiger partial charge is 0.477 e. The van der Waals surface area contributed by atoms with Crippen LogP contribution in [0.15, 0.2) is 75.5 Å². The summed E-state index contributed by atoms with van der Waals surface area (Å²) in [5.41, 5.74) is 1.68. The Morgan fingerprint density at radius 1 is 1.17 bits per heavy atom. The number of fused-ring (bicyclic) bond motifs is 1. The number of amides is 3. The molecule has 2 aromatic heterocycles. The number of aryl methyl sites for hydroxylation is 2. The van der Waals surface area contributed by atoms with Gasteiger partial charge in [0.05, 0.1) is 5.02 Å². The Hall–Kier alpha value is -4.67. The monoisotopic (exact) mass is 680 g/mol. The van der Waals surface area contributed by atoms with Gasteiger partial charge in [-0.3, -0.25) is 19.3 Å². The molecule has 0 radical (unpaired) electrons. The van der Waals surface area contributed by atoms with Crippen LogP contribution in [0.25, 0.3) is 11.3 Å². The Bertz CT molecular complexity index is 1880. The van der Waals surface area contributed by atoms with Gasteiger partial charge in [0.15, 0.2) is 0 Å². The summed E-state index contributed by atoms with van der Waals surface area (Å²) in [6.45, 7) is 1.58. The smallest absolute Gasteiger partial charge is 0.352 e. The van der Waals surface area contributed by atoms with Gasteiger partial charge < -0.3 is 20.3 Å². The molecule has 2 aliphatic rings. The molecule has 46 heavy (non-hydrogen) atoms. The molecule has 4 aromatic rings. The summed E-state index contributed by atoms with van der Waals surface area (Å²) in [6.07, 6.45) is 0. The molecule has 3 amide bonds. The van der Waals surface area contributed by atoms with Crippen molar-refractivity contribution in [1.82, 2.24) is 40.9 Å². The first-order valence-corrected chi connectivity index (χ1v) is 16.2. The zero-order valence-corrected chi connectivity index (χ0v) is 26.6. The van der Waals surface area contributed by atoms with Crippen molar-refractivity contribution >= 4 is 58.8 Å². The molecule has 0 bridgehead atoms. The summed E-state index contributed by atoms with van der Waals surface area (Å²) in [7, 11) is 1.67. The van der Waals surface area contributed by atoms with Gasteiger partial charge in [-0.25, -0.2) is 9.48 Å². The SMILES string of the molecule is Cc1onc(-c2ccccc2Cl)c1C(=O)NC(C(=O)NC1C(=O)N2C(C(=O)O)=C(CSc3nnnn3C)CS[C@@H]12)c1ccccc1. The van der Waals surface area contributed by atoms with E-state index in [-0.39, 0.29) is 28.5 Å². The highest BCUT2D eigenvalue weighted by Gasteiger charge is 2.54. The number of carbonyl (C=O) groups excluding carboxylic acids is 3. The number of aliphatic carboxylic acids is 1. The Labute approximate surface area is 274 Å². The molecule has 2 aromatic carbocycles. The van der Waals surface area contributed by atoms with Crippen molar-refractivity contribution in [2.75, 3.05) is 11.5 Å². The Balaban J connectivity index is 1.22. The minimum Gasteiger partial charge on any atom is -0.477 e. The molecule has 1 saturated heterocycles. The molecule has 1 fully saturated rings. The van der Waals surface area contributed by atoms with Crippen LogP contribution < -0.4 is 10.6 Å². The molecule has 0 saturated carbocycles. The van der Waals surface area contributed by atoms with Gasteiger partial charge in [0.2, 0.25) is 11.1 Å². The van der Waals surface area contributed by atoms with Gasteiger partial charge in [-0.05, 0) is 34.6 Å². The second-order valence-corrected chi connectivity index (χ2v) is 12.7. The summed E-state index contributed by atoms with van der Waals surface area (Å²) < 4.78 is 6.80. The van der Waals surface area contributed by atoms with Crippen LogP contribution in [0.3, 0.4) is 0 Å². The number of nitrogens with one attached hydrogen (secondary N) is 2. The molecule has 2 aliphatic heterocycles. The number of halogens is 1. The van der Waals surface area contributed by atoms with Crippen molar-refractivity contribution in [2.45, 2.75) is 29.5 Å². The Kier molecular flexibility index (Phi) is 8.84. The maximum Gasteiger partial charge on any atom is 0.352 e. The lowest BCUT2D eigenvalue weighted by Gasteiger charge is -2.49. The standard InChI is InChI=1S/C29H25ClN8O6S2/c1-14-19(21(34-44-14)17-10-6-7-11-18(17)30)24(39)31-20(15-8-4-3-5-9-15)25(40)32-22-26(41)38-23(28(42)43)16(12-45-27(22)38)13-46-29-33-35-36-37(29)2/h3-11,20,22,27H,12-13H2,1-2H3,(H,31,39)(H,32,40)(H,42,43)/t20?,22?,27-/m0/s1. The third kappa shape index (κ3) is 5.86.